The summed E-state index contributed by atoms with van der Waals surface area (Å²) in [5.74, 6) is 0.0620. The maximum absolute atomic E-state index is 11.8. The Morgan fingerprint density at radius 3 is 2.87 bits per heavy atom. The molecule has 1 atom stereocenters. The molecule has 0 saturated heterocycles. The van der Waals surface area contributed by atoms with Crippen LogP contribution in [0.25, 0.3) is 0 Å². The molecule has 1 amide bonds. The highest BCUT2D eigenvalue weighted by atomic mass is 32.1. The van der Waals surface area contributed by atoms with E-state index in [1.54, 1.807) is 11.9 Å². The van der Waals surface area contributed by atoms with Crippen molar-refractivity contribution in [2.75, 3.05) is 13.6 Å². The number of thiocarbonyl (C=S) groups is 1. The summed E-state index contributed by atoms with van der Waals surface area (Å²) >= 11 is 6.38. The first kappa shape index (κ1) is 12.1. The zero-order valence-electron chi connectivity index (χ0n) is 8.77. The number of rotatable bonds is 4. The SMILES string of the molecule is CC(CN(C)C(=O)c1ccsc1)C(N)=S. The number of nitrogens with two attached hydrogens (primary N) is 1. The van der Waals surface area contributed by atoms with Gasteiger partial charge >= 0.3 is 0 Å². The maximum atomic E-state index is 11.8. The summed E-state index contributed by atoms with van der Waals surface area (Å²) in [7, 11) is 1.76. The van der Waals surface area contributed by atoms with E-state index in [4.69, 9.17) is 18.0 Å². The van der Waals surface area contributed by atoms with Crippen molar-refractivity contribution in [2.45, 2.75) is 6.92 Å². The van der Waals surface area contributed by atoms with E-state index < -0.39 is 0 Å². The van der Waals surface area contributed by atoms with Crippen LogP contribution in [0.5, 0.6) is 0 Å². The van der Waals surface area contributed by atoms with Crippen LogP contribution in [0.4, 0.5) is 0 Å². The average molecular weight is 242 g/mol. The monoisotopic (exact) mass is 242 g/mol. The quantitative estimate of drug-likeness (QED) is 0.818. The standard InChI is InChI=1S/C10H14N2OS2/c1-7(9(11)14)5-12(2)10(13)8-3-4-15-6-8/h3-4,6-7H,5H2,1-2H3,(H2,11,14). The molecule has 5 heteroatoms. The average Bonchev–Trinajstić information content (AvgIpc) is 2.68. The van der Waals surface area contributed by atoms with Crippen LogP contribution in [-0.2, 0) is 0 Å². The normalized spacial score (nSPS) is 12.1. The van der Waals surface area contributed by atoms with Crippen LogP contribution in [0.3, 0.4) is 0 Å². The zero-order chi connectivity index (χ0) is 11.4. The van der Waals surface area contributed by atoms with Crippen molar-refractivity contribution < 1.29 is 4.79 Å². The lowest BCUT2D eigenvalue weighted by Crippen LogP contribution is -2.35. The highest BCUT2D eigenvalue weighted by Crippen LogP contribution is 2.10. The van der Waals surface area contributed by atoms with Gasteiger partial charge in [-0.2, -0.15) is 11.3 Å². The number of amides is 1. The van der Waals surface area contributed by atoms with Crippen LogP contribution >= 0.6 is 23.6 Å². The summed E-state index contributed by atoms with van der Waals surface area (Å²) < 4.78 is 0. The molecule has 0 bridgehead atoms. The lowest BCUT2D eigenvalue weighted by molar-refractivity contribution is 0.0787. The van der Waals surface area contributed by atoms with Gasteiger partial charge in [-0.05, 0) is 11.4 Å². The largest absolute Gasteiger partial charge is 0.393 e. The molecule has 0 spiro atoms. The molecule has 0 radical (unpaired) electrons. The Balaban J connectivity index is 2.58. The molecule has 0 aliphatic carbocycles. The van der Waals surface area contributed by atoms with Crippen LogP contribution in [-0.4, -0.2) is 29.4 Å². The predicted molar refractivity (Wildman–Crippen MR) is 67.2 cm³/mol. The minimum absolute atomic E-state index is 0.0133. The molecule has 82 valence electrons. The topological polar surface area (TPSA) is 46.3 Å². The van der Waals surface area contributed by atoms with E-state index in [0.29, 0.717) is 11.5 Å². The fourth-order valence-electron chi connectivity index (χ4n) is 1.19. The highest BCUT2D eigenvalue weighted by Gasteiger charge is 2.15. The van der Waals surface area contributed by atoms with Crippen LogP contribution < -0.4 is 5.73 Å². The van der Waals surface area contributed by atoms with Crippen molar-refractivity contribution in [1.82, 2.24) is 4.90 Å². The molecule has 1 aromatic rings. The summed E-state index contributed by atoms with van der Waals surface area (Å²) in [5, 5.41) is 3.72. The summed E-state index contributed by atoms with van der Waals surface area (Å²) in [6, 6.07) is 1.81. The van der Waals surface area contributed by atoms with E-state index in [1.165, 1.54) is 11.3 Å². The first-order chi connectivity index (χ1) is 7.02. The van der Waals surface area contributed by atoms with Crippen molar-refractivity contribution >= 4 is 34.5 Å². The number of carbonyl (C=O) groups is 1. The first-order valence-electron chi connectivity index (χ1n) is 4.59. The third kappa shape index (κ3) is 3.28. The molecule has 1 heterocycles. The molecule has 15 heavy (non-hydrogen) atoms. The summed E-state index contributed by atoms with van der Waals surface area (Å²) in [5.41, 5.74) is 6.22. The van der Waals surface area contributed by atoms with E-state index in [9.17, 15) is 4.79 Å². The maximum Gasteiger partial charge on any atom is 0.254 e. The van der Waals surface area contributed by atoms with Gasteiger partial charge in [0.2, 0.25) is 0 Å². The zero-order valence-corrected chi connectivity index (χ0v) is 10.4. The summed E-state index contributed by atoms with van der Waals surface area (Å²) in [4.78, 5) is 13.9. The molecular formula is C10H14N2OS2. The Kier molecular flexibility index (Phi) is 4.23. The first-order valence-corrected chi connectivity index (χ1v) is 5.94. The third-order valence-corrected chi connectivity index (χ3v) is 3.23. The fourth-order valence-corrected chi connectivity index (χ4v) is 1.89. The molecule has 1 rings (SSSR count). The van der Waals surface area contributed by atoms with Crippen molar-refractivity contribution in [1.29, 1.82) is 0 Å². The lowest BCUT2D eigenvalue weighted by atomic mass is 10.1. The highest BCUT2D eigenvalue weighted by molar-refractivity contribution is 7.80. The number of carbonyl (C=O) groups excluding carboxylic acids is 1. The van der Waals surface area contributed by atoms with Crippen LogP contribution in [0, 0.1) is 5.92 Å². The molecule has 0 aliphatic heterocycles. The molecule has 0 aliphatic rings. The molecule has 0 aromatic carbocycles. The van der Waals surface area contributed by atoms with Gasteiger partial charge in [0.15, 0.2) is 0 Å². The number of thiophene rings is 1. The molecule has 0 fully saturated rings. The van der Waals surface area contributed by atoms with Gasteiger partial charge in [0.05, 0.1) is 10.6 Å². The Hall–Kier alpha value is -0.940. The number of nitrogens with zero attached hydrogens (tertiary/aromatic N) is 1. The second-order valence-electron chi connectivity index (χ2n) is 3.50. The molecular weight excluding hydrogens is 228 g/mol. The van der Waals surface area contributed by atoms with Crippen molar-refractivity contribution in [2.24, 2.45) is 11.7 Å². The van der Waals surface area contributed by atoms with Crippen molar-refractivity contribution in [3.05, 3.63) is 22.4 Å². The van der Waals surface area contributed by atoms with E-state index in [1.807, 2.05) is 23.8 Å². The Bertz CT molecular complexity index is 348. The predicted octanol–water partition coefficient (Wildman–Crippen LogP) is 1.74. The number of hydrogen-bond donors (Lipinski definition) is 1. The lowest BCUT2D eigenvalue weighted by Gasteiger charge is -2.20. The minimum atomic E-state index is 0.0133. The second-order valence-corrected chi connectivity index (χ2v) is 4.75. The second kappa shape index (κ2) is 5.23. The van der Waals surface area contributed by atoms with E-state index in [-0.39, 0.29) is 11.8 Å². The van der Waals surface area contributed by atoms with Gasteiger partial charge in [-0.15, -0.1) is 0 Å². The molecule has 0 saturated carbocycles. The van der Waals surface area contributed by atoms with Gasteiger partial charge in [-0.3, -0.25) is 4.79 Å². The minimum Gasteiger partial charge on any atom is -0.393 e. The van der Waals surface area contributed by atoms with Gasteiger partial charge < -0.3 is 10.6 Å². The van der Waals surface area contributed by atoms with Crippen molar-refractivity contribution in [3.8, 4) is 0 Å². The molecule has 3 nitrogen and oxygen atoms in total. The summed E-state index contributed by atoms with van der Waals surface area (Å²) in [6.07, 6.45) is 0. The van der Waals surface area contributed by atoms with Gasteiger partial charge in [-0.1, -0.05) is 19.1 Å². The fraction of sp³-hybridized carbons (Fsp3) is 0.400. The van der Waals surface area contributed by atoms with E-state index in [0.717, 1.165) is 5.56 Å². The number of hydrogen-bond acceptors (Lipinski definition) is 3. The van der Waals surface area contributed by atoms with Crippen LogP contribution in [0.2, 0.25) is 0 Å². The van der Waals surface area contributed by atoms with Gasteiger partial charge in [0.1, 0.15) is 0 Å². The van der Waals surface area contributed by atoms with Gasteiger partial charge in [-0.25, -0.2) is 0 Å². The molecule has 1 aromatic heterocycles. The van der Waals surface area contributed by atoms with Gasteiger partial charge in [0, 0.05) is 24.9 Å². The van der Waals surface area contributed by atoms with E-state index in [2.05, 4.69) is 0 Å². The van der Waals surface area contributed by atoms with Crippen LogP contribution in [0.15, 0.2) is 16.8 Å². The Labute approximate surface area is 98.9 Å². The smallest absolute Gasteiger partial charge is 0.254 e. The third-order valence-electron chi connectivity index (χ3n) is 2.15. The Morgan fingerprint density at radius 2 is 2.40 bits per heavy atom. The summed E-state index contributed by atoms with van der Waals surface area (Å²) in [6.45, 7) is 2.48. The van der Waals surface area contributed by atoms with E-state index >= 15 is 0 Å². The van der Waals surface area contributed by atoms with Crippen molar-refractivity contribution in [3.63, 3.8) is 0 Å². The molecule has 1 unspecified atom stereocenters. The van der Waals surface area contributed by atoms with Crippen LogP contribution in [0.1, 0.15) is 17.3 Å². The van der Waals surface area contributed by atoms with Gasteiger partial charge in [0.25, 0.3) is 5.91 Å². The molecule has 2 N–H and O–H groups in total. The Morgan fingerprint density at radius 1 is 1.73 bits per heavy atom.